The van der Waals surface area contributed by atoms with Gasteiger partial charge >= 0.3 is 12.1 Å². The average Bonchev–Trinajstić information content (AvgIpc) is 2.22. The molecular weight excluding hydrogens is 302 g/mol. The maximum Gasteiger partial charge on any atom is 0.412 e. The van der Waals surface area contributed by atoms with E-state index in [4.69, 9.17) is 34.7 Å². The molecule has 0 spiro atoms. The predicted octanol–water partition coefficient (Wildman–Crippen LogP) is 1.91. The van der Waals surface area contributed by atoms with Crippen LogP contribution in [0.1, 0.15) is 5.56 Å². The molecule has 1 aromatic carbocycles. The van der Waals surface area contributed by atoms with Crippen molar-refractivity contribution in [3.8, 4) is 0 Å². The number of hydrogen-bond acceptors (Lipinski definition) is 4. The van der Waals surface area contributed by atoms with E-state index in [2.05, 4.69) is 4.74 Å². The highest BCUT2D eigenvalue weighted by Crippen LogP contribution is 2.23. The van der Waals surface area contributed by atoms with Gasteiger partial charge in [-0.15, -0.1) is 12.4 Å². The summed E-state index contributed by atoms with van der Waals surface area (Å²) < 4.78 is 4.15. The van der Waals surface area contributed by atoms with Gasteiger partial charge in [-0.2, -0.15) is 0 Å². The number of carbonyl (C=O) groups excluding carboxylic acids is 2. The highest BCUT2D eigenvalue weighted by Gasteiger charge is 2.18. The smallest absolute Gasteiger partial charge is 0.375 e. The number of halogens is 3. The Bertz CT molecular complexity index is 454. The molecule has 1 rings (SSSR count). The number of nitrogens with two attached hydrogens (primary N) is 2. The number of amides is 1. The normalized spacial score (nSPS) is 11.3. The number of carbonyl (C=O) groups is 2. The lowest BCUT2D eigenvalue weighted by atomic mass is 10.1. The largest absolute Gasteiger partial charge is 0.412 e. The molecule has 4 N–H and O–H groups in total. The molecule has 1 aromatic rings. The van der Waals surface area contributed by atoms with E-state index < -0.39 is 18.1 Å². The zero-order chi connectivity index (χ0) is 13.0. The molecule has 0 aromatic heterocycles. The highest BCUT2D eigenvalue weighted by molar-refractivity contribution is 6.42. The molecule has 8 heteroatoms. The summed E-state index contributed by atoms with van der Waals surface area (Å²) in [6.07, 6.45) is -1.01. The SMILES string of the molecule is Cl.NC(=O)OC(=O)[C@@H](N)Cc1ccc(Cl)c(Cl)c1. The fraction of sp³-hybridized carbons (Fsp3) is 0.200. The summed E-state index contributed by atoms with van der Waals surface area (Å²) in [5, 5.41) is 0.767. The molecule has 18 heavy (non-hydrogen) atoms. The zero-order valence-corrected chi connectivity index (χ0v) is 11.4. The number of esters is 1. The van der Waals surface area contributed by atoms with Crippen LogP contribution in [0.25, 0.3) is 0 Å². The molecule has 0 aliphatic rings. The molecule has 0 saturated carbocycles. The second-order valence-corrected chi connectivity index (χ2v) is 4.11. The minimum atomic E-state index is -1.18. The third-order valence-electron chi connectivity index (χ3n) is 1.94. The number of ether oxygens (including phenoxy) is 1. The van der Waals surface area contributed by atoms with E-state index in [-0.39, 0.29) is 18.8 Å². The number of hydrogen-bond donors (Lipinski definition) is 2. The van der Waals surface area contributed by atoms with E-state index in [1.54, 1.807) is 18.2 Å². The Morgan fingerprint density at radius 2 is 1.89 bits per heavy atom. The van der Waals surface area contributed by atoms with Gasteiger partial charge in [-0.05, 0) is 24.1 Å². The van der Waals surface area contributed by atoms with Gasteiger partial charge in [0.15, 0.2) is 0 Å². The van der Waals surface area contributed by atoms with Crippen molar-refractivity contribution in [3.05, 3.63) is 33.8 Å². The van der Waals surface area contributed by atoms with Crippen molar-refractivity contribution < 1.29 is 14.3 Å². The first-order chi connectivity index (χ1) is 7.90. The van der Waals surface area contributed by atoms with Crippen molar-refractivity contribution in [2.45, 2.75) is 12.5 Å². The first kappa shape index (κ1) is 17.0. The van der Waals surface area contributed by atoms with Gasteiger partial charge in [-0.3, -0.25) is 0 Å². The van der Waals surface area contributed by atoms with Gasteiger partial charge in [-0.1, -0.05) is 29.3 Å². The van der Waals surface area contributed by atoms with Crippen molar-refractivity contribution >= 4 is 47.7 Å². The molecule has 0 fully saturated rings. The summed E-state index contributed by atoms with van der Waals surface area (Å²) in [4.78, 5) is 21.6. The Labute approximate surface area is 120 Å². The van der Waals surface area contributed by atoms with Crippen molar-refractivity contribution in [1.82, 2.24) is 0 Å². The maximum atomic E-state index is 11.2. The first-order valence-electron chi connectivity index (χ1n) is 4.60. The molecule has 5 nitrogen and oxygen atoms in total. The minimum absolute atomic E-state index is 0. The lowest BCUT2D eigenvalue weighted by Gasteiger charge is -2.09. The maximum absolute atomic E-state index is 11.2. The average molecular weight is 314 g/mol. The van der Waals surface area contributed by atoms with Gasteiger partial charge < -0.3 is 16.2 Å². The Balaban J connectivity index is 0.00000289. The number of rotatable bonds is 3. The van der Waals surface area contributed by atoms with Gasteiger partial charge in [0.1, 0.15) is 6.04 Å². The van der Waals surface area contributed by atoms with Crippen molar-refractivity contribution in [3.63, 3.8) is 0 Å². The molecule has 0 aliphatic carbocycles. The Hall–Kier alpha value is -1.01. The summed E-state index contributed by atoms with van der Waals surface area (Å²) in [6.45, 7) is 0. The van der Waals surface area contributed by atoms with E-state index in [1.807, 2.05) is 0 Å². The molecule has 0 aliphatic heterocycles. The predicted molar refractivity (Wildman–Crippen MR) is 71.1 cm³/mol. The Kier molecular flexibility index (Phi) is 7.01. The third kappa shape index (κ3) is 5.10. The fourth-order valence-electron chi connectivity index (χ4n) is 1.18. The zero-order valence-electron chi connectivity index (χ0n) is 9.06. The van der Waals surface area contributed by atoms with Crippen LogP contribution in [-0.2, 0) is 16.0 Å². The van der Waals surface area contributed by atoms with Crippen LogP contribution in [0, 0.1) is 0 Å². The Morgan fingerprint density at radius 1 is 1.28 bits per heavy atom. The lowest BCUT2D eigenvalue weighted by Crippen LogP contribution is -2.36. The molecule has 0 heterocycles. The standard InChI is InChI=1S/C10H10Cl2N2O3.ClH/c11-6-2-1-5(3-7(6)12)4-8(13)9(15)17-10(14)16;/h1-3,8H,4,13H2,(H2,14,16);1H/t8-;/m0./s1. The molecule has 1 atom stereocenters. The minimum Gasteiger partial charge on any atom is -0.375 e. The van der Waals surface area contributed by atoms with Crippen LogP contribution in [-0.4, -0.2) is 18.1 Å². The van der Waals surface area contributed by atoms with Crippen LogP contribution < -0.4 is 11.5 Å². The fourth-order valence-corrected chi connectivity index (χ4v) is 1.50. The molecule has 0 bridgehead atoms. The van der Waals surface area contributed by atoms with Gasteiger partial charge in [-0.25, -0.2) is 9.59 Å². The molecule has 1 amide bonds. The second kappa shape index (κ2) is 7.43. The van der Waals surface area contributed by atoms with Crippen LogP contribution in [0.3, 0.4) is 0 Å². The van der Waals surface area contributed by atoms with Crippen molar-refractivity contribution in [2.75, 3.05) is 0 Å². The molecular formula is C10H11Cl3N2O3. The molecule has 0 saturated heterocycles. The van der Waals surface area contributed by atoms with E-state index in [9.17, 15) is 9.59 Å². The summed E-state index contributed by atoms with van der Waals surface area (Å²) in [5.74, 6) is -0.886. The second-order valence-electron chi connectivity index (χ2n) is 3.30. The Morgan fingerprint density at radius 3 is 2.39 bits per heavy atom. The van der Waals surface area contributed by atoms with E-state index >= 15 is 0 Å². The van der Waals surface area contributed by atoms with Crippen molar-refractivity contribution in [1.29, 1.82) is 0 Å². The van der Waals surface area contributed by atoms with Crippen LogP contribution in [0.2, 0.25) is 10.0 Å². The molecule has 0 radical (unpaired) electrons. The van der Waals surface area contributed by atoms with Crippen LogP contribution in [0.5, 0.6) is 0 Å². The molecule has 0 unspecified atom stereocenters. The van der Waals surface area contributed by atoms with Crippen LogP contribution in [0.15, 0.2) is 18.2 Å². The van der Waals surface area contributed by atoms with Gasteiger partial charge in [0.05, 0.1) is 10.0 Å². The quantitative estimate of drug-likeness (QED) is 0.658. The van der Waals surface area contributed by atoms with E-state index in [0.29, 0.717) is 15.6 Å². The van der Waals surface area contributed by atoms with Crippen LogP contribution >= 0.6 is 35.6 Å². The number of benzene rings is 1. The molecule has 100 valence electrons. The highest BCUT2D eigenvalue weighted by atomic mass is 35.5. The van der Waals surface area contributed by atoms with Gasteiger partial charge in [0, 0.05) is 0 Å². The third-order valence-corrected chi connectivity index (χ3v) is 2.68. The summed E-state index contributed by atoms with van der Waals surface area (Å²) >= 11 is 11.5. The van der Waals surface area contributed by atoms with Gasteiger partial charge in [0.2, 0.25) is 0 Å². The summed E-state index contributed by atoms with van der Waals surface area (Å²) in [7, 11) is 0. The van der Waals surface area contributed by atoms with Gasteiger partial charge in [0.25, 0.3) is 0 Å². The topological polar surface area (TPSA) is 95.4 Å². The lowest BCUT2D eigenvalue weighted by molar-refractivity contribution is -0.138. The first-order valence-corrected chi connectivity index (χ1v) is 5.36. The monoisotopic (exact) mass is 312 g/mol. The van der Waals surface area contributed by atoms with E-state index in [1.165, 1.54) is 0 Å². The van der Waals surface area contributed by atoms with Crippen molar-refractivity contribution in [2.24, 2.45) is 11.5 Å². The van der Waals surface area contributed by atoms with Crippen LogP contribution in [0.4, 0.5) is 4.79 Å². The summed E-state index contributed by atoms with van der Waals surface area (Å²) in [5.41, 5.74) is 10.9. The van der Waals surface area contributed by atoms with E-state index in [0.717, 1.165) is 0 Å². The number of primary amides is 1. The summed E-state index contributed by atoms with van der Waals surface area (Å²) in [6, 6.07) is 3.86.